The number of rotatable bonds is 6. The lowest BCUT2D eigenvalue weighted by Gasteiger charge is -2.23. The van der Waals surface area contributed by atoms with E-state index in [1.807, 2.05) is 0 Å². The zero-order valence-corrected chi connectivity index (χ0v) is 12.0. The molecule has 6 heteroatoms. The lowest BCUT2D eigenvalue weighted by Crippen LogP contribution is -2.35. The summed E-state index contributed by atoms with van der Waals surface area (Å²) in [7, 11) is 6.79. The number of alkyl halides is 3. The molecule has 0 aromatic carbocycles. The van der Waals surface area contributed by atoms with E-state index in [2.05, 4.69) is 28.1 Å². The first-order chi connectivity index (χ1) is 7.62. The first-order valence-electron chi connectivity index (χ1n) is 5.84. The molecule has 0 spiro atoms. The summed E-state index contributed by atoms with van der Waals surface area (Å²) < 4.78 is 38.4. The summed E-state index contributed by atoms with van der Waals surface area (Å²) in [6.07, 6.45) is 7.00. The molecule has 0 aliphatic carbocycles. The minimum absolute atomic E-state index is 0.868. The van der Waals surface area contributed by atoms with Crippen LogP contribution in [-0.4, -0.2) is 37.7 Å². The summed E-state index contributed by atoms with van der Waals surface area (Å²) in [5, 5.41) is 0. The largest absolute Gasteiger partial charge is 0.673 e. The van der Waals surface area contributed by atoms with Crippen molar-refractivity contribution in [3.63, 3.8) is 0 Å². The van der Waals surface area contributed by atoms with Crippen molar-refractivity contribution in [3.05, 3.63) is 0 Å². The van der Waals surface area contributed by atoms with E-state index in [1.165, 1.54) is 38.6 Å². The minimum atomic E-state index is -4.38. The van der Waals surface area contributed by atoms with Crippen molar-refractivity contribution < 1.29 is 17.7 Å². The van der Waals surface area contributed by atoms with Crippen molar-refractivity contribution in [2.45, 2.75) is 44.5 Å². The number of quaternary nitrogens is 1. The van der Waals surface area contributed by atoms with E-state index in [9.17, 15) is 13.2 Å². The molecule has 0 heterocycles. The zero-order chi connectivity index (χ0) is 13.9. The molecule has 0 radical (unpaired) electrons. The van der Waals surface area contributed by atoms with Crippen molar-refractivity contribution >= 4 is 11.6 Å². The van der Waals surface area contributed by atoms with Crippen LogP contribution < -0.4 is 0 Å². The average molecular weight is 274 g/mol. The number of nitrogens with one attached hydrogen (secondary N) is 1. The summed E-state index contributed by atoms with van der Waals surface area (Å²) >= 11 is -0.868. The first kappa shape index (κ1) is 19.1. The van der Waals surface area contributed by atoms with Gasteiger partial charge in [-0.3, -0.25) is 0 Å². The van der Waals surface area contributed by atoms with Gasteiger partial charge in [0.1, 0.15) is 0 Å². The number of halogens is 3. The van der Waals surface area contributed by atoms with Gasteiger partial charge in [-0.1, -0.05) is 26.2 Å². The van der Waals surface area contributed by atoms with Crippen molar-refractivity contribution in [2.24, 2.45) is 0 Å². The molecule has 17 heavy (non-hydrogen) atoms. The third-order valence-corrected chi connectivity index (χ3v) is 2.28. The molecule has 0 saturated heterocycles. The second-order valence-corrected chi connectivity index (χ2v) is 5.64. The third kappa shape index (κ3) is 25.8. The van der Waals surface area contributed by atoms with E-state index >= 15 is 0 Å². The van der Waals surface area contributed by atoms with Gasteiger partial charge in [0.15, 0.2) is 0 Å². The molecule has 0 unspecified atom stereocenters. The fourth-order valence-corrected chi connectivity index (χ4v) is 1.19. The van der Waals surface area contributed by atoms with Gasteiger partial charge in [-0.05, 0) is 17.6 Å². The molecule has 104 valence electrons. The van der Waals surface area contributed by atoms with Crippen LogP contribution in [0.2, 0.25) is 0 Å². The highest BCUT2D eigenvalue weighted by Crippen LogP contribution is 2.11. The molecular formula is C11H25F3N2S+2. The molecule has 0 bridgehead atoms. The fourth-order valence-electron chi connectivity index (χ4n) is 1.19. The molecule has 0 atom stereocenters. The quantitative estimate of drug-likeness (QED) is 0.430. The van der Waals surface area contributed by atoms with E-state index < -0.39 is 17.1 Å². The Balaban J connectivity index is 0. The minimum Gasteiger partial charge on any atom is -0.331 e. The molecule has 0 aliphatic heterocycles. The van der Waals surface area contributed by atoms with Gasteiger partial charge in [0.25, 0.3) is 0 Å². The highest BCUT2D eigenvalue weighted by atomic mass is 32.1. The van der Waals surface area contributed by atoms with Gasteiger partial charge < -0.3 is 4.48 Å². The van der Waals surface area contributed by atoms with Crippen LogP contribution in [-0.2, 0) is 11.6 Å². The molecule has 0 aromatic rings. The zero-order valence-electron chi connectivity index (χ0n) is 11.2. The molecule has 0 aromatic heterocycles. The van der Waals surface area contributed by atoms with Crippen LogP contribution in [0.3, 0.4) is 0 Å². The molecule has 0 aliphatic rings. The molecule has 0 saturated carbocycles. The van der Waals surface area contributed by atoms with E-state index in [0.717, 1.165) is 4.48 Å². The van der Waals surface area contributed by atoms with E-state index in [4.69, 9.17) is 4.78 Å². The Hall–Kier alpha value is -0.230. The SMILES string of the molecule is CCCCCCC[N+](C)(C)C.N=[S+]C(F)(F)F. The smallest absolute Gasteiger partial charge is 0.331 e. The molecule has 0 amide bonds. The molecular weight excluding hydrogens is 249 g/mol. The topological polar surface area (TPSA) is 23.9 Å². The van der Waals surface area contributed by atoms with Crippen molar-refractivity contribution in [2.75, 3.05) is 27.7 Å². The predicted molar refractivity (Wildman–Crippen MR) is 67.8 cm³/mol. The number of nitrogens with zero attached hydrogens (tertiary/aromatic N) is 1. The van der Waals surface area contributed by atoms with E-state index in [-0.39, 0.29) is 0 Å². The molecule has 0 rings (SSSR count). The standard InChI is InChI=1S/C10H24N.CHF3NS/c1-5-6-7-8-9-10-11(2,3)4;2-1(3,4)6-5/h5-10H2,1-4H3;5H/q2*+1. The number of hydrogen-bond acceptors (Lipinski definition) is 1. The second kappa shape index (κ2) is 9.76. The Bertz CT molecular complexity index is 188. The third-order valence-electron chi connectivity index (χ3n) is 2.05. The van der Waals surface area contributed by atoms with Crippen LogP contribution in [0.1, 0.15) is 39.0 Å². The lowest BCUT2D eigenvalue weighted by atomic mass is 10.1. The van der Waals surface area contributed by atoms with Crippen molar-refractivity contribution in [1.29, 1.82) is 4.78 Å². The maximum Gasteiger partial charge on any atom is 0.673 e. The van der Waals surface area contributed by atoms with Crippen molar-refractivity contribution in [1.82, 2.24) is 0 Å². The van der Waals surface area contributed by atoms with Crippen LogP contribution in [0.5, 0.6) is 0 Å². The van der Waals surface area contributed by atoms with Gasteiger partial charge in [0.05, 0.1) is 27.7 Å². The van der Waals surface area contributed by atoms with Gasteiger partial charge in [-0.15, -0.1) is 13.2 Å². The maximum absolute atomic E-state index is 10.6. The Morgan fingerprint density at radius 3 is 1.71 bits per heavy atom. The van der Waals surface area contributed by atoms with Crippen LogP contribution in [0.25, 0.3) is 0 Å². The number of hydrogen-bond donors (Lipinski definition) is 1. The number of unbranched alkanes of at least 4 members (excludes halogenated alkanes) is 4. The molecule has 1 N–H and O–H groups in total. The van der Waals surface area contributed by atoms with Gasteiger partial charge >= 0.3 is 17.1 Å². The lowest BCUT2D eigenvalue weighted by molar-refractivity contribution is -0.870. The Morgan fingerprint density at radius 2 is 1.41 bits per heavy atom. The van der Waals surface area contributed by atoms with Gasteiger partial charge in [-0.25, -0.2) is 0 Å². The highest BCUT2D eigenvalue weighted by molar-refractivity contribution is 7.67. The summed E-state index contributed by atoms with van der Waals surface area (Å²) in [5.41, 5.74) is -4.38. The maximum atomic E-state index is 10.6. The average Bonchev–Trinajstić information content (AvgIpc) is 2.16. The van der Waals surface area contributed by atoms with E-state index in [0.29, 0.717) is 0 Å². The Labute approximate surface area is 107 Å². The summed E-state index contributed by atoms with van der Waals surface area (Å²) in [6, 6.07) is 0. The van der Waals surface area contributed by atoms with Crippen LogP contribution in [0.4, 0.5) is 13.2 Å². The second-order valence-electron chi connectivity index (χ2n) is 4.98. The summed E-state index contributed by atoms with van der Waals surface area (Å²) in [4.78, 5) is 0. The highest BCUT2D eigenvalue weighted by Gasteiger charge is 2.42. The Morgan fingerprint density at radius 1 is 1.00 bits per heavy atom. The fraction of sp³-hybridized carbons (Fsp3) is 1.00. The normalized spacial score (nSPS) is 11.7. The predicted octanol–water partition coefficient (Wildman–Crippen LogP) is 4.01. The van der Waals surface area contributed by atoms with Crippen LogP contribution in [0.15, 0.2) is 0 Å². The van der Waals surface area contributed by atoms with Crippen molar-refractivity contribution in [3.8, 4) is 0 Å². The Kier molecular flexibility index (Phi) is 11.0. The summed E-state index contributed by atoms with van der Waals surface area (Å²) in [6.45, 7) is 3.59. The molecule has 2 nitrogen and oxygen atoms in total. The molecule has 0 fully saturated rings. The van der Waals surface area contributed by atoms with Crippen LogP contribution in [0, 0.1) is 4.78 Å². The van der Waals surface area contributed by atoms with Gasteiger partial charge in [0, 0.05) is 0 Å². The van der Waals surface area contributed by atoms with Crippen LogP contribution >= 0.6 is 0 Å². The summed E-state index contributed by atoms with van der Waals surface area (Å²) in [5.74, 6) is 0. The monoisotopic (exact) mass is 274 g/mol. The van der Waals surface area contributed by atoms with E-state index in [1.54, 1.807) is 0 Å². The first-order valence-corrected chi connectivity index (χ1v) is 6.66. The van der Waals surface area contributed by atoms with Gasteiger partial charge in [0.2, 0.25) is 0 Å². The van der Waals surface area contributed by atoms with Gasteiger partial charge in [-0.2, -0.15) is 0 Å².